The summed E-state index contributed by atoms with van der Waals surface area (Å²) in [5.41, 5.74) is 0. The van der Waals surface area contributed by atoms with Gasteiger partial charge in [-0.2, -0.15) is 0 Å². The largest absolute Gasteiger partial charge is 0.481 e. The van der Waals surface area contributed by atoms with Crippen molar-refractivity contribution in [1.82, 2.24) is 0 Å². The summed E-state index contributed by atoms with van der Waals surface area (Å²) in [5.74, 6) is -1.31. The number of aliphatic carboxylic acids is 2. The van der Waals surface area contributed by atoms with E-state index in [1.165, 1.54) is 270 Å². The monoisotopic (exact) mass is 897 g/mol. The van der Waals surface area contributed by atoms with E-state index in [0.29, 0.717) is 6.42 Å². The average molecular weight is 898 g/mol. The van der Waals surface area contributed by atoms with E-state index in [-0.39, 0.29) is 12.5 Å². The van der Waals surface area contributed by atoms with E-state index >= 15 is 0 Å². The molecule has 0 heterocycles. The SMILES string of the molecule is CC(O)CO.CCCCCCCCCCCCCCCCCC(=O)O.CCCCCCCCCCCCCCCCCCC(CCCCCCCCCCCCCCCC)C(=O)O. The van der Waals surface area contributed by atoms with Crippen molar-refractivity contribution in [2.75, 3.05) is 6.61 Å². The quantitative estimate of drug-likeness (QED) is 0.0452. The van der Waals surface area contributed by atoms with Crippen molar-refractivity contribution < 1.29 is 30.0 Å². The Bertz CT molecular complexity index is 831. The van der Waals surface area contributed by atoms with Crippen LogP contribution in [0.2, 0.25) is 0 Å². The molecule has 0 amide bonds. The molecule has 0 aliphatic rings. The Labute approximate surface area is 395 Å². The zero-order valence-electron chi connectivity index (χ0n) is 43.4. The highest BCUT2D eigenvalue weighted by atomic mass is 16.4. The lowest BCUT2D eigenvalue weighted by Gasteiger charge is -2.12. The molecule has 6 nitrogen and oxygen atoms in total. The van der Waals surface area contributed by atoms with Crippen molar-refractivity contribution in [3.8, 4) is 0 Å². The topological polar surface area (TPSA) is 115 Å². The Kier molecular flexibility index (Phi) is 63.9. The number of unbranched alkanes of at least 4 members (excludes halogenated alkanes) is 42. The van der Waals surface area contributed by atoms with Gasteiger partial charge in [0.15, 0.2) is 0 Å². The van der Waals surface area contributed by atoms with Crippen LogP contribution in [-0.4, -0.2) is 45.1 Å². The Balaban J connectivity index is -0.00000119. The van der Waals surface area contributed by atoms with Gasteiger partial charge < -0.3 is 20.4 Å². The van der Waals surface area contributed by atoms with Crippen molar-refractivity contribution in [2.45, 2.75) is 342 Å². The van der Waals surface area contributed by atoms with Crippen molar-refractivity contribution in [1.29, 1.82) is 0 Å². The summed E-state index contributed by atoms with van der Waals surface area (Å²) in [5, 5.41) is 34.1. The molecule has 0 aromatic carbocycles. The molecule has 63 heavy (non-hydrogen) atoms. The number of aliphatic hydroxyl groups excluding tert-OH is 2. The predicted octanol–water partition coefficient (Wildman–Crippen LogP) is 18.9. The van der Waals surface area contributed by atoms with Crippen LogP contribution in [0.5, 0.6) is 0 Å². The fraction of sp³-hybridized carbons (Fsp3) is 0.965. The van der Waals surface area contributed by atoms with Gasteiger partial charge in [0.2, 0.25) is 0 Å². The molecule has 0 saturated heterocycles. The lowest BCUT2D eigenvalue weighted by Crippen LogP contribution is -2.13. The number of rotatable bonds is 50. The summed E-state index contributed by atoms with van der Waals surface area (Å²) >= 11 is 0. The van der Waals surface area contributed by atoms with Crippen LogP contribution in [0.25, 0.3) is 0 Å². The summed E-state index contributed by atoms with van der Waals surface area (Å²) in [6.45, 7) is 8.23. The third-order valence-corrected chi connectivity index (χ3v) is 12.9. The first-order valence-electron chi connectivity index (χ1n) is 28.5. The van der Waals surface area contributed by atoms with Crippen molar-refractivity contribution >= 4 is 11.9 Å². The second-order valence-corrected chi connectivity index (χ2v) is 19.6. The maximum absolute atomic E-state index is 11.7. The predicted molar refractivity (Wildman–Crippen MR) is 276 cm³/mol. The van der Waals surface area contributed by atoms with Crippen LogP contribution in [0.4, 0.5) is 0 Å². The summed E-state index contributed by atoms with van der Waals surface area (Å²) in [7, 11) is 0. The number of carbonyl (C=O) groups is 2. The standard InChI is InChI=1S/C36H72O2.C18H36O2.C3H8O2/c1-3-5-7-9-11-13-15-17-19-20-22-24-26-28-30-32-34-35(36(37)38)33-31-29-27-25-23-21-18-16-14-12-10-8-6-4-2;1-2-3-4-5-6-7-8-9-10-11-12-13-14-15-16-17-18(19)20;1-3(5)2-4/h35H,3-34H2,1-2H3,(H,37,38);2-17H2,1H3,(H,19,20);3-5H,2H2,1H3. The lowest BCUT2D eigenvalue weighted by atomic mass is 9.94. The summed E-state index contributed by atoms with van der Waals surface area (Å²) in [4.78, 5) is 22.0. The molecule has 0 rings (SSSR count). The molecule has 0 aliphatic heterocycles. The highest BCUT2D eigenvalue weighted by Gasteiger charge is 2.16. The van der Waals surface area contributed by atoms with Crippen molar-refractivity contribution in [2.24, 2.45) is 5.92 Å². The molecule has 0 aromatic heterocycles. The van der Waals surface area contributed by atoms with Crippen LogP contribution in [0.3, 0.4) is 0 Å². The minimum atomic E-state index is -0.653. The second kappa shape index (κ2) is 60.9. The number of carboxylic acid groups (broad SMARTS) is 2. The maximum atomic E-state index is 11.7. The summed E-state index contributed by atoms with van der Waals surface area (Å²) in [6, 6.07) is 0. The van der Waals surface area contributed by atoms with Gasteiger partial charge in [0.25, 0.3) is 0 Å². The minimum absolute atomic E-state index is 0.0982. The lowest BCUT2D eigenvalue weighted by molar-refractivity contribution is -0.142. The van der Waals surface area contributed by atoms with E-state index in [4.69, 9.17) is 15.3 Å². The van der Waals surface area contributed by atoms with Crippen molar-refractivity contribution in [3.05, 3.63) is 0 Å². The molecular formula is C57H116O6. The fourth-order valence-electron chi connectivity index (χ4n) is 8.56. The van der Waals surface area contributed by atoms with Crippen LogP contribution in [-0.2, 0) is 9.59 Å². The molecule has 0 saturated carbocycles. The third kappa shape index (κ3) is 67.6. The zero-order valence-corrected chi connectivity index (χ0v) is 43.4. The number of hydrogen-bond donors (Lipinski definition) is 4. The van der Waals surface area contributed by atoms with Gasteiger partial charge in [0, 0.05) is 6.42 Å². The summed E-state index contributed by atoms with van der Waals surface area (Å²) < 4.78 is 0. The van der Waals surface area contributed by atoms with Crippen LogP contribution < -0.4 is 0 Å². The highest BCUT2D eigenvalue weighted by molar-refractivity contribution is 5.69. The van der Waals surface area contributed by atoms with E-state index in [9.17, 15) is 14.7 Å². The molecule has 0 fully saturated rings. The first kappa shape index (κ1) is 66.1. The van der Waals surface area contributed by atoms with E-state index in [1.54, 1.807) is 0 Å². The molecule has 2 atom stereocenters. The van der Waals surface area contributed by atoms with E-state index in [2.05, 4.69) is 20.8 Å². The smallest absolute Gasteiger partial charge is 0.306 e. The number of carboxylic acids is 2. The first-order valence-corrected chi connectivity index (χ1v) is 28.5. The molecular weight excluding hydrogens is 781 g/mol. The minimum Gasteiger partial charge on any atom is -0.481 e. The Morgan fingerprint density at radius 3 is 0.667 bits per heavy atom. The van der Waals surface area contributed by atoms with Crippen LogP contribution >= 0.6 is 0 Å². The second-order valence-electron chi connectivity index (χ2n) is 19.6. The van der Waals surface area contributed by atoms with Crippen molar-refractivity contribution in [3.63, 3.8) is 0 Å². The van der Waals surface area contributed by atoms with Crippen LogP contribution in [0.1, 0.15) is 336 Å². The average Bonchev–Trinajstić information content (AvgIpc) is 3.27. The number of aliphatic hydroxyl groups is 2. The van der Waals surface area contributed by atoms with Gasteiger partial charge in [-0.25, -0.2) is 0 Å². The molecule has 0 bridgehead atoms. The highest BCUT2D eigenvalue weighted by Crippen LogP contribution is 2.21. The van der Waals surface area contributed by atoms with Gasteiger partial charge in [-0.3, -0.25) is 9.59 Å². The Morgan fingerprint density at radius 2 is 0.508 bits per heavy atom. The van der Waals surface area contributed by atoms with E-state index < -0.39 is 18.0 Å². The molecule has 0 aromatic rings. The van der Waals surface area contributed by atoms with E-state index in [0.717, 1.165) is 38.5 Å². The maximum Gasteiger partial charge on any atom is 0.306 e. The van der Waals surface area contributed by atoms with E-state index in [1.807, 2.05) is 0 Å². The van der Waals surface area contributed by atoms with Gasteiger partial charge in [-0.05, 0) is 26.2 Å². The third-order valence-electron chi connectivity index (χ3n) is 12.9. The zero-order chi connectivity index (χ0) is 47.0. The Morgan fingerprint density at radius 1 is 0.333 bits per heavy atom. The normalized spacial score (nSPS) is 12.0. The van der Waals surface area contributed by atoms with Gasteiger partial charge >= 0.3 is 11.9 Å². The summed E-state index contributed by atoms with van der Waals surface area (Å²) in [6.07, 6.45) is 62.5. The molecule has 6 heteroatoms. The Hall–Kier alpha value is -1.14. The van der Waals surface area contributed by atoms with Gasteiger partial charge in [0.1, 0.15) is 0 Å². The molecule has 0 spiro atoms. The van der Waals surface area contributed by atoms with Crippen LogP contribution in [0.15, 0.2) is 0 Å². The van der Waals surface area contributed by atoms with Crippen LogP contribution in [0, 0.1) is 5.92 Å². The number of hydrogen-bond acceptors (Lipinski definition) is 4. The molecule has 0 aliphatic carbocycles. The van der Waals surface area contributed by atoms with Gasteiger partial charge in [0.05, 0.1) is 18.6 Å². The van der Waals surface area contributed by atoms with Gasteiger partial charge in [-0.1, -0.05) is 303 Å². The molecule has 0 radical (unpaired) electrons. The molecule has 2 unspecified atom stereocenters. The molecule has 4 N–H and O–H groups in total. The molecule has 380 valence electrons. The fourth-order valence-corrected chi connectivity index (χ4v) is 8.56. The van der Waals surface area contributed by atoms with Gasteiger partial charge in [-0.15, -0.1) is 0 Å². The first-order chi connectivity index (χ1) is 30.8.